The summed E-state index contributed by atoms with van der Waals surface area (Å²) in [5, 5.41) is 0. The number of aromatic nitrogens is 2. The van der Waals surface area contributed by atoms with E-state index in [1.807, 2.05) is 12.4 Å². The zero-order valence-corrected chi connectivity index (χ0v) is 11.3. The second-order valence-electron chi connectivity index (χ2n) is 5.01. The molecule has 0 radical (unpaired) electrons. The van der Waals surface area contributed by atoms with Gasteiger partial charge in [-0.1, -0.05) is 39.0 Å². The third-order valence-corrected chi connectivity index (χ3v) is 3.59. The molecule has 0 saturated carbocycles. The highest BCUT2D eigenvalue weighted by atomic mass is 14.7. The van der Waals surface area contributed by atoms with Crippen molar-refractivity contribution >= 4 is 0 Å². The fourth-order valence-electron chi connectivity index (χ4n) is 2.55. The van der Waals surface area contributed by atoms with Gasteiger partial charge >= 0.3 is 0 Å². The number of rotatable bonds is 8. The van der Waals surface area contributed by atoms with Crippen molar-refractivity contribution in [3.63, 3.8) is 0 Å². The maximum atomic E-state index is 3.36. The SMILES string of the molecule is CCCCCCCC(c1ccc[nH]1)c1ccc[nH]1. The molecular weight excluding hydrogens is 220 g/mol. The molecule has 0 saturated heterocycles. The first-order valence-corrected chi connectivity index (χ1v) is 7.18. The van der Waals surface area contributed by atoms with Gasteiger partial charge in [-0.3, -0.25) is 0 Å². The van der Waals surface area contributed by atoms with Crippen molar-refractivity contribution in [2.45, 2.75) is 51.4 Å². The topological polar surface area (TPSA) is 31.6 Å². The van der Waals surface area contributed by atoms with Crippen molar-refractivity contribution in [3.05, 3.63) is 48.0 Å². The standard InChI is InChI=1S/C16H24N2/c1-2-3-4-5-6-9-14(15-10-7-12-17-15)16-11-8-13-18-16/h7-8,10-14,17-18H,2-6,9H2,1H3. The molecule has 0 aliphatic rings. The van der Waals surface area contributed by atoms with Gasteiger partial charge in [0, 0.05) is 29.7 Å². The highest BCUT2D eigenvalue weighted by molar-refractivity contribution is 5.23. The molecule has 0 atom stereocenters. The van der Waals surface area contributed by atoms with Gasteiger partial charge in [-0.05, 0) is 30.7 Å². The van der Waals surface area contributed by atoms with Crippen molar-refractivity contribution in [2.24, 2.45) is 0 Å². The Kier molecular flexibility index (Phi) is 5.13. The summed E-state index contributed by atoms with van der Waals surface area (Å²) < 4.78 is 0. The summed E-state index contributed by atoms with van der Waals surface area (Å²) in [5.74, 6) is 0.497. The van der Waals surface area contributed by atoms with Crippen LogP contribution in [-0.2, 0) is 0 Å². The molecular formula is C16H24N2. The molecule has 2 rings (SSSR count). The van der Waals surface area contributed by atoms with Crippen LogP contribution >= 0.6 is 0 Å². The number of H-pyrrole nitrogens is 2. The first kappa shape index (κ1) is 13.0. The van der Waals surface area contributed by atoms with Gasteiger partial charge in [-0.15, -0.1) is 0 Å². The Morgan fingerprint density at radius 3 is 2.00 bits per heavy atom. The summed E-state index contributed by atoms with van der Waals surface area (Å²) in [6.45, 7) is 2.26. The zero-order valence-electron chi connectivity index (χ0n) is 11.3. The lowest BCUT2D eigenvalue weighted by Gasteiger charge is -2.14. The second-order valence-corrected chi connectivity index (χ2v) is 5.01. The van der Waals surface area contributed by atoms with E-state index in [4.69, 9.17) is 0 Å². The smallest absolute Gasteiger partial charge is 0.0391 e. The third kappa shape index (κ3) is 3.52. The van der Waals surface area contributed by atoms with Crippen molar-refractivity contribution in [1.29, 1.82) is 0 Å². The fraction of sp³-hybridized carbons (Fsp3) is 0.500. The normalized spacial score (nSPS) is 11.2. The van der Waals surface area contributed by atoms with Crippen molar-refractivity contribution in [3.8, 4) is 0 Å². The van der Waals surface area contributed by atoms with Crippen LogP contribution in [0.25, 0.3) is 0 Å². The lowest BCUT2D eigenvalue weighted by Crippen LogP contribution is -2.02. The van der Waals surface area contributed by atoms with Crippen LogP contribution in [0.4, 0.5) is 0 Å². The van der Waals surface area contributed by atoms with Crippen LogP contribution in [0.2, 0.25) is 0 Å². The van der Waals surface area contributed by atoms with E-state index >= 15 is 0 Å². The number of hydrogen-bond donors (Lipinski definition) is 2. The summed E-state index contributed by atoms with van der Waals surface area (Å²) in [4.78, 5) is 6.72. The second kappa shape index (κ2) is 7.10. The summed E-state index contributed by atoms with van der Waals surface area (Å²) in [7, 11) is 0. The van der Waals surface area contributed by atoms with Crippen LogP contribution in [0.15, 0.2) is 36.7 Å². The van der Waals surface area contributed by atoms with Gasteiger partial charge < -0.3 is 9.97 Å². The van der Waals surface area contributed by atoms with Crippen LogP contribution in [0.1, 0.15) is 62.8 Å². The van der Waals surface area contributed by atoms with Gasteiger partial charge in [0.25, 0.3) is 0 Å². The van der Waals surface area contributed by atoms with Crippen LogP contribution in [-0.4, -0.2) is 9.97 Å². The van der Waals surface area contributed by atoms with Crippen molar-refractivity contribution in [2.75, 3.05) is 0 Å². The molecule has 0 aliphatic carbocycles. The van der Waals surface area contributed by atoms with Crippen LogP contribution in [0.5, 0.6) is 0 Å². The molecule has 0 fully saturated rings. The van der Waals surface area contributed by atoms with E-state index in [0.717, 1.165) is 0 Å². The molecule has 2 heteroatoms. The lowest BCUT2D eigenvalue weighted by molar-refractivity contribution is 0.571. The Bertz CT molecular complexity index is 366. The number of aromatic amines is 2. The van der Waals surface area contributed by atoms with E-state index in [2.05, 4.69) is 41.2 Å². The van der Waals surface area contributed by atoms with Crippen molar-refractivity contribution < 1.29 is 0 Å². The monoisotopic (exact) mass is 244 g/mol. The quantitative estimate of drug-likeness (QED) is 0.623. The van der Waals surface area contributed by atoms with E-state index in [1.165, 1.54) is 49.9 Å². The average Bonchev–Trinajstić information content (AvgIpc) is 3.06. The van der Waals surface area contributed by atoms with Crippen LogP contribution < -0.4 is 0 Å². The van der Waals surface area contributed by atoms with Gasteiger partial charge in [-0.25, -0.2) is 0 Å². The van der Waals surface area contributed by atoms with Crippen LogP contribution in [0.3, 0.4) is 0 Å². The first-order chi connectivity index (χ1) is 8.92. The maximum absolute atomic E-state index is 3.36. The molecule has 18 heavy (non-hydrogen) atoms. The van der Waals surface area contributed by atoms with Gasteiger partial charge in [0.2, 0.25) is 0 Å². The Balaban J connectivity index is 1.90. The third-order valence-electron chi connectivity index (χ3n) is 3.59. The molecule has 0 spiro atoms. The molecule has 0 bridgehead atoms. The average molecular weight is 244 g/mol. The van der Waals surface area contributed by atoms with E-state index in [-0.39, 0.29) is 0 Å². The molecule has 0 aliphatic heterocycles. The summed E-state index contributed by atoms with van der Waals surface area (Å²) in [6, 6.07) is 8.56. The fourth-order valence-corrected chi connectivity index (χ4v) is 2.55. The first-order valence-electron chi connectivity index (χ1n) is 7.18. The Morgan fingerprint density at radius 2 is 1.50 bits per heavy atom. The molecule has 0 unspecified atom stereocenters. The maximum Gasteiger partial charge on any atom is 0.0391 e. The molecule has 2 aromatic heterocycles. The molecule has 2 nitrogen and oxygen atoms in total. The lowest BCUT2D eigenvalue weighted by atomic mass is 9.94. The molecule has 98 valence electrons. The highest BCUT2D eigenvalue weighted by Gasteiger charge is 2.15. The Labute approximate surface area is 110 Å². The molecule has 2 heterocycles. The van der Waals surface area contributed by atoms with E-state index < -0.39 is 0 Å². The van der Waals surface area contributed by atoms with E-state index in [0.29, 0.717) is 5.92 Å². The zero-order chi connectivity index (χ0) is 12.6. The van der Waals surface area contributed by atoms with Crippen molar-refractivity contribution in [1.82, 2.24) is 9.97 Å². The minimum Gasteiger partial charge on any atom is -0.364 e. The van der Waals surface area contributed by atoms with Gasteiger partial charge in [0.1, 0.15) is 0 Å². The van der Waals surface area contributed by atoms with Gasteiger partial charge in [0.15, 0.2) is 0 Å². The summed E-state index contributed by atoms with van der Waals surface area (Å²) in [6.07, 6.45) is 12.0. The minimum atomic E-state index is 0.497. The van der Waals surface area contributed by atoms with E-state index in [1.54, 1.807) is 0 Å². The molecule has 2 aromatic rings. The molecule has 0 aromatic carbocycles. The summed E-state index contributed by atoms with van der Waals surface area (Å²) in [5.41, 5.74) is 2.65. The highest BCUT2D eigenvalue weighted by Crippen LogP contribution is 2.27. The van der Waals surface area contributed by atoms with E-state index in [9.17, 15) is 0 Å². The van der Waals surface area contributed by atoms with Crippen LogP contribution in [0, 0.1) is 0 Å². The Morgan fingerprint density at radius 1 is 0.889 bits per heavy atom. The molecule has 2 N–H and O–H groups in total. The number of unbranched alkanes of at least 4 members (excludes halogenated alkanes) is 4. The number of hydrogen-bond acceptors (Lipinski definition) is 0. The predicted molar refractivity (Wildman–Crippen MR) is 76.8 cm³/mol. The minimum absolute atomic E-state index is 0.497. The Hall–Kier alpha value is -1.44. The largest absolute Gasteiger partial charge is 0.364 e. The van der Waals surface area contributed by atoms with Gasteiger partial charge in [-0.2, -0.15) is 0 Å². The summed E-state index contributed by atoms with van der Waals surface area (Å²) >= 11 is 0. The predicted octanol–water partition coefficient (Wildman–Crippen LogP) is 4.84. The number of nitrogens with one attached hydrogen (secondary N) is 2. The molecule has 0 amide bonds. The van der Waals surface area contributed by atoms with Gasteiger partial charge in [0.05, 0.1) is 0 Å².